The molecular formula is C17H26N2. The highest BCUT2D eigenvalue weighted by molar-refractivity contribution is 5.80. The van der Waals surface area contributed by atoms with E-state index in [-0.39, 0.29) is 5.54 Å². The SMILES string of the molecule is CCCCn1ccc2ccc(CNC(C)(C)C)cc21. The van der Waals surface area contributed by atoms with Gasteiger partial charge in [0.15, 0.2) is 0 Å². The molecule has 2 nitrogen and oxygen atoms in total. The number of benzene rings is 1. The molecule has 1 aromatic carbocycles. The summed E-state index contributed by atoms with van der Waals surface area (Å²) in [7, 11) is 0. The predicted molar refractivity (Wildman–Crippen MR) is 83.4 cm³/mol. The van der Waals surface area contributed by atoms with Crippen molar-refractivity contribution in [3.8, 4) is 0 Å². The van der Waals surface area contributed by atoms with E-state index in [1.54, 1.807) is 0 Å². The molecule has 0 bridgehead atoms. The van der Waals surface area contributed by atoms with Crippen molar-refractivity contribution in [2.75, 3.05) is 0 Å². The highest BCUT2D eigenvalue weighted by Crippen LogP contribution is 2.19. The number of hydrogen-bond acceptors (Lipinski definition) is 1. The van der Waals surface area contributed by atoms with E-state index in [0.717, 1.165) is 13.1 Å². The topological polar surface area (TPSA) is 17.0 Å². The molecule has 0 amide bonds. The zero-order chi connectivity index (χ0) is 13.9. The molecule has 1 aromatic heterocycles. The monoisotopic (exact) mass is 258 g/mol. The highest BCUT2D eigenvalue weighted by Gasteiger charge is 2.09. The maximum absolute atomic E-state index is 3.55. The predicted octanol–water partition coefficient (Wildman–Crippen LogP) is 4.33. The lowest BCUT2D eigenvalue weighted by Crippen LogP contribution is -2.35. The van der Waals surface area contributed by atoms with Gasteiger partial charge in [-0.15, -0.1) is 0 Å². The Bertz CT molecular complexity index is 532. The van der Waals surface area contributed by atoms with Crippen LogP contribution in [0.15, 0.2) is 30.5 Å². The summed E-state index contributed by atoms with van der Waals surface area (Å²) in [5, 5.41) is 4.89. The minimum Gasteiger partial charge on any atom is -0.347 e. The van der Waals surface area contributed by atoms with E-state index in [2.05, 4.69) is 68.0 Å². The van der Waals surface area contributed by atoms with E-state index in [4.69, 9.17) is 0 Å². The molecule has 104 valence electrons. The van der Waals surface area contributed by atoms with Crippen molar-refractivity contribution in [3.63, 3.8) is 0 Å². The summed E-state index contributed by atoms with van der Waals surface area (Å²) >= 11 is 0. The second-order valence-corrected chi connectivity index (χ2v) is 6.36. The summed E-state index contributed by atoms with van der Waals surface area (Å²) in [5.74, 6) is 0. The molecule has 0 radical (unpaired) electrons. The van der Waals surface area contributed by atoms with Crippen molar-refractivity contribution < 1.29 is 0 Å². The minimum absolute atomic E-state index is 0.166. The third-order valence-corrected chi connectivity index (χ3v) is 3.41. The van der Waals surface area contributed by atoms with Gasteiger partial charge in [0, 0.05) is 30.3 Å². The van der Waals surface area contributed by atoms with Crippen LogP contribution in [0, 0.1) is 0 Å². The first-order valence-corrected chi connectivity index (χ1v) is 7.32. The fraction of sp³-hybridized carbons (Fsp3) is 0.529. The standard InChI is InChI=1S/C17H26N2/c1-5-6-10-19-11-9-15-8-7-14(12-16(15)19)13-18-17(2,3)4/h7-9,11-12,18H,5-6,10,13H2,1-4H3. The summed E-state index contributed by atoms with van der Waals surface area (Å²) in [6, 6.07) is 9.00. The van der Waals surface area contributed by atoms with E-state index >= 15 is 0 Å². The maximum Gasteiger partial charge on any atom is 0.0483 e. The van der Waals surface area contributed by atoms with Gasteiger partial charge in [0.1, 0.15) is 0 Å². The van der Waals surface area contributed by atoms with Crippen LogP contribution in [0.2, 0.25) is 0 Å². The van der Waals surface area contributed by atoms with Gasteiger partial charge in [-0.2, -0.15) is 0 Å². The summed E-state index contributed by atoms with van der Waals surface area (Å²) in [6.45, 7) is 10.9. The van der Waals surface area contributed by atoms with Gasteiger partial charge in [-0.25, -0.2) is 0 Å². The van der Waals surface area contributed by atoms with E-state index in [0.29, 0.717) is 0 Å². The fourth-order valence-corrected chi connectivity index (χ4v) is 2.23. The van der Waals surface area contributed by atoms with E-state index < -0.39 is 0 Å². The van der Waals surface area contributed by atoms with Crippen LogP contribution in [0.4, 0.5) is 0 Å². The largest absolute Gasteiger partial charge is 0.347 e. The Morgan fingerprint density at radius 2 is 1.95 bits per heavy atom. The van der Waals surface area contributed by atoms with Gasteiger partial charge in [0.25, 0.3) is 0 Å². The Labute approximate surface area is 116 Å². The normalized spacial score (nSPS) is 12.2. The third-order valence-electron chi connectivity index (χ3n) is 3.41. The van der Waals surface area contributed by atoms with Crippen LogP contribution in [0.25, 0.3) is 10.9 Å². The average Bonchev–Trinajstić information content (AvgIpc) is 2.75. The van der Waals surface area contributed by atoms with Crippen molar-refractivity contribution in [2.24, 2.45) is 0 Å². The molecule has 0 aliphatic heterocycles. The second-order valence-electron chi connectivity index (χ2n) is 6.36. The van der Waals surface area contributed by atoms with E-state index in [9.17, 15) is 0 Å². The van der Waals surface area contributed by atoms with Crippen LogP contribution in [-0.2, 0) is 13.1 Å². The molecular weight excluding hydrogens is 232 g/mol. The zero-order valence-corrected chi connectivity index (χ0v) is 12.7. The van der Waals surface area contributed by atoms with E-state index in [1.165, 1.54) is 29.3 Å². The molecule has 2 heteroatoms. The van der Waals surface area contributed by atoms with Crippen molar-refractivity contribution in [3.05, 3.63) is 36.0 Å². The van der Waals surface area contributed by atoms with Crippen LogP contribution in [0.1, 0.15) is 46.1 Å². The lowest BCUT2D eigenvalue weighted by molar-refractivity contribution is 0.424. The van der Waals surface area contributed by atoms with Gasteiger partial charge >= 0.3 is 0 Å². The van der Waals surface area contributed by atoms with Crippen LogP contribution in [0.3, 0.4) is 0 Å². The average molecular weight is 258 g/mol. The van der Waals surface area contributed by atoms with Gasteiger partial charge in [-0.1, -0.05) is 25.5 Å². The molecule has 0 unspecified atom stereocenters. The Hall–Kier alpha value is -1.28. The first-order chi connectivity index (χ1) is 8.99. The number of nitrogens with zero attached hydrogens (tertiary/aromatic N) is 1. The molecule has 2 aromatic rings. The van der Waals surface area contributed by atoms with Crippen molar-refractivity contribution in [1.29, 1.82) is 0 Å². The van der Waals surface area contributed by atoms with Crippen molar-refractivity contribution in [2.45, 2.75) is 59.2 Å². The minimum atomic E-state index is 0.166. The van der Waals surface area contributed by atoms with Crippen LogP contribution in [-0.4, -0.2) is 10.1 Å². The molecule has 1 N–H and O–H groups in total. The quantitative estimate of drug-likeness (QED) is 0.844. The van der Waals surface area contributed by atoms with Gasteiger partial charge in [-0.05, 0) is 50.3 Å². The molecule has 0 aliphatic carbocycles. The molecule has 19 heavy (non-hydrogen) atoms. The number of aryl methyl sites for hydroxylation is 1. The molecule has 0 saturated heterocycles. The number of rotatable bonds is 5. The van der Waals surface area contributed by atoms with Gasteiger partial charge in [0.2, 0.25) is 0 Å². The van der Waals surface area contributed by atoms with Gasteiger partial charge in [0.05, 0.1) is 0 Å². The zero-order valence-electron chi connectivity index (χ0n) is 12.7. The first-order valence-electron chi connectivity index (χ1n) is 7.32. The summed E-state index contributed by atoms with van der Waals surface area (Å²) in [4.78, 5) is 0. The number of fused-ring (bicyclic) bond motifs is 1. The summed E-state index contributed by atoms with van der Waals surface area (Å²) in [6.07, 6.45) is 4.69. The molecule has 0 aliphatic rings. The summed E-state index contributed by atoms with van der Waals surface area (Å²) < 4.78 is 2.37. The fourth-order valence-electron chi connectivity index (χ4n) is 2.23. The summed E-state index contributed by atoms with van der Waals surface area (Å²) in [5.41, 5.74) is 2.89. The van der Waals surface area contributed by atoms with Crippen LogP contribution in [0.5, 0.6) is 0 Å². The van der Waals surface area contributed by atoms with Crippen LogP contribution < -0.4 is 5.32 Å². The lowest BCUT2D eigenvalue weighted by Gasteiger charge is -2.20. The Morgan fingerprint density at radius 3 is 2.63 bits per heavy atom. The van der Waals surface area contributed by atoms with E-state index in [1.807, 2.05) is 0 Å². The van der Waals surface area contributed by atoms with Gasteiger partial charge < -0.3 is 9.88 Å². The van der Waals surface area contributed by atoms with Crippen molar-refractivity contribution in [1.82, 2.24) is 9.88 Å². The number of nitrogens with one attached hydrogen (secondary N) is 1. The molecule has 0 saturated carbocycles. The molecule has 0 atom stereocenters. The lowest BCUT2D eigenvalue weighted by atomic mass is 10.1. The smallest absolute Gasteiger partial charge is 0.0483 e. The second kappa shape index (κ2) is 5.79. The number of hydrogen-bond donors (Lipinski definition) is 1. The van der Waals surface area contributed by atoms with Crippen LogP contribution >= 0.6 is 0 Å². The highest BCUT2D eigenvalue weighted by atomic mass is 15.0. The molecule has 2 rings (SSSR count). The first kappa shape index (κ1) is 14.1. The molecule has 0 fully saturated rings. The maximum atomic E-state index is 3.55. The number of unbranched alkanes of at least 4 members (excludes halogenated alkanes) is 1. The molecule has 0 spiro atoms. The third kappa shape index (κ3) is 3.84. The van der Waals surface area contributed by atoms with Crippen molar-refractivity contribution >= 4 is 10.9 Å². The Balaban J connectivity index is 2.18. The van der Waals surface area contributed by atoms with Gasteiger partial charge in [-0.3, -0.25) is 0 Å². The Morgan fingerprint density at radius 1 is 1.16 bits per heavy atom. The Kier molecular flexibility index (Phi) is 4.31. The molecule has 1 heterocycles. The number of aromatic nitrogens is 1.